The van der Waals surface area contributed by atoms with Gasteiger partial charge in [0.15, 0.2) is 0 Å². The van der Waals surface area contributed by atoms with E-state index >= 15 is 0 Å². The molecule has 2 saturated heterocycles. The molecule has 0 aliphatic carbocycles. The summed E-state index contributed by atoms with van der Waals surface area (Å²) in [6.45, 7) is 8.59. The minimum absolute atomic E-state index is 0.759. The van der Waals surface area contributed by atoms with Gasteiger partial charge in [0.1, 0.15) is 0 Å². The van der Waals surface area contributed by atoms with Gasteiger partial charge in [-0.3, -0.25) is 4.90 Å². The fourth-order valence-corrected chi connectivity index (χ4v) is 2.68. The van der Waals surface area contributed by atoms with E-state index < -0.39 is 0 Å². The molecule has 0 amide bonds. The van der Waals surface area contributed by atoms with Crippen LogP contribution < -0.4 is 0 Å². The topological polar surface area (TPSA) is 6.48 Å². The molecule has 0 aromatic carbocycles. The van der Waals surface area contributed by atoms with Crippen LogP contribution in [0.4, 0.5) is 0 Å². The van der Waals surface area contributed by atoms with Crippen LogP contribution in [0.5, 0.6) is 0 Å². The van der Waals surface area contributed by atoms with Crippen LogP contribution in [0.25, 0.3) is 0 Å². The largest absolute Gasteiger partial charge is 0.306 e. The summed E-state index contributed by atoms with van der Waals surface area (Å²) in [5, 5.41) is 0. The molecule has 70 valence electrons. The third kappa shape index (κ3) is 1.27. The van der Waals surface area contributed by atoms with Crippen LogP contribution >= 0.6 is 0 Å². The number of nitrogens with zero attached hydrogens (tertiary/aromatic N) is 2. The molecular weight excluding hydrogens is 148 g/mol. The standard InChI is InChI=1S/C10H20N2/c1-8(2)12-7-9-6-11(3)5-4-10(9)12/h8-10H,4-7H2,1-3H3. The van der Waals surface area contributed by atoms with Gasteiger partial charge in [0.05, 0.1) is 0 Å². The lowest BCUT2D eigenvalue weighted by Crippen LogP contribution is -2.64. The van der Waals surface area contributed by atoms with Crippen molar-refractivity contribution in [2.24, 2.45) is 5.92 Å². The molecule has 2 aliphatic rings. The van der Waals surface area contributed by atoms with Crippen LogP contribution in [-0.4, -0.2) is 48.6 Å². The van der Waals surface area contributed by atoms with Gasteiger partial charge in [-0.2, -0.15) is 0 Å². The van der Waals surface area contributed by atoms with E-state index in [1.54, 1.807) is 0 Å². The minimum Gasteiger partial charge on any atom is -0.306 e. The summed E-state index contributed by atoms with van der Waals surface area (Å²) in [6.07, 6.45) is 1.39. The van der Waals surface area contributed by atoms with Crippen molar-refractivity contribution < 1.29 is 0 Å². The zero-order valence-electron chi connectivity index (χ0n) is 8.45. The Morgan fingerprint density at radius 1 is 1.25 bits per heavy atom. The fraction of sp³-hybridized carbons (Fsp3) is 1.00. The van der Waals surface area contributed by atoms with E-state index in [0.29, 0.717) is 0 Å². The van der Waals surface area contributed by atoms with Gasteiger partial charge < -0.3 is 4.90 Å². The molecule has 2 nitrogen and oxygen atoms in total. The third-order valence-corrected chi connectivity index (χ3v) is 3.43. The number of fused-ring (bicyclic) bond motifs is 1. The first-order valence-electron chi connectivity index (χ1n) is 5.13. The van der Waals surface area contributed by atoms with Crippen molar-refractivity contribution in [1.29, 1.82) is 0 Å². The Hall–Kier alpha value is -0.0800. The highest BCUT2D eigenvalue weighted by atomic mass is 15.3. The molecule has 12 heavy (non-hydrogen) atoms. The zero-order chi connectivity index (χ0) is 8.72. The fourth-order valence-electron chi connectivity index (χ4n) is 2.68. The lowest BCUT2D eigenvalue weighted by molar-refractivity contribution is -0.0561. The summed E-state index contributed by atoms with van der Waals surface area (Å²) in [4.78, 5) is 5.12. The Bertz CT molecular complexity index is 167. The monoisotopic (exact) mass is 168 g/mol. The maximum Gasteiger partial charge on any atom is 0.0163 e. The quantitative estimate of drug-likeness (QED) is 0.577. The van der Waals surface area contributed by atoms with E-state index in [2.05, 4.69) is 30.7 Å². The van der Waals surface area contributed by atoms with E-state index in [9.17, 15) is 0 Å². The van der Waals surface area contributed by atoms with Crippen molar-refractivity contribution in [3.63, 3.8) is 0 Å². The number of rotatable bonds is 1. The minimum atomic E-state index is 0.759. The second kappa shape index (κ2) is 3.00. The van der Waals surface area contributed by atoms with Gasteiger partial charge in [0, 0.05) is 25.2 Å². The van der Waals surface area contributed by atoms with Gasteiger partial charge >= 0.3 is 0 Å². The molecule has 2 rings (SSSR count). The number of hydrogen-bond acceptors (Lipinski definition) is 2. The molecular formula is C10H20N2. The van der Waals surface area contributed by atoms with Gasteiger partial charge in [0.2, 0.25) is 0 Å². The second-order valence-corrected chi connectivity index (χ2v) is 4.67. The maximum absolute atomic E-state index is 2.65. The average Bonchev–Trinajstić information content (AvgIpc) is 1.94. The molecule has 2 heterocycles. The van der Waals surface area contributed by atoms with Crippen molar-refractivity contribution >= 4 is 0 Å². The van der Waals surface area contributed by atoms with Crippen LogP contribution in [0.2, 0.25) is 0 Å². The Kier molecular flexibility index (Phi) is 2.13. The molecule has 0 saturated carbocycles. The Morgan fingerprint density at radius 2 is 2.00 bits per heavy atom. The molecule has 2 atom stereocenters. The number of piperidine rings is 1. The smallest absolute Gasteiger partial charge is 0.0163 e. The van der Waals surface area contributed by atoms with Crippen molar-refractivity contribution in [3.8, 4) is 0 Å². The Morgan fingerprint density at radius 3 is 2.58 bits per heavy atom. The van der Waals surface area contributed by atoms with E-state index in [-0.39, 0.29) is 0 Å². The molecule has 0 aromatic rings. The van der Waals surface area contributed by atoms with Crippen molar-refractivity contribution in [1.82, 2.24) is 9.80 Å². The lowest BCUT2D eigenvalue weighted by Gasteiger charge is -2.54. The van der Waals surface area contributed by atoms with Crippen LogP contribution in [0.15, 0.2) is 0 Å². The summed E-state index contributed by atoms with van der Waals surface area (Å²) in [7, 11) is 2.24. The normalized spacial score (nSPS) is 38.0. The first-order valence-corrected chi connectivity index (χ1v) is 5.13. The Labute approximate surface area is 75.5 Å². The summed E-state index contributed by atoms with van der Waals surface area (Å²) in [5.41, 5.74) is 0. The highest BCUT2D eigenvalue weighted by Gasteiger charge is 2.42. The van der Waals surface area contributed by atoms with Crippen molar-refractivity contribution in [2.75, 3.05) is 26.7 Å². The van der Waals surface area contributed by atoms with Crippen molar-refractivity contribution in [3.05, 3.63) is 0 Å². The average molecular weight is 168 g/mol. The third-order valence-electron chi connectivity index (χ3n) is 3.43. The highest BCUT2D eigenvalue weighted by molar-refractivity contribution is 4.97. The maximum atomic E-state index is 2.65. The van der Waals surface area contributed by atoms with Crippen LogP contribution in [0, 0.1) is 5.92 Å². The molecule has 2 aliphatic heterocycles. The highest BCUT2D eigenvalue weighted by Crippen LogP contribution is 2.33. The SMILES string of the molecule is CC(C)N1CC2CN(C)CCC21. The van der Waals surface area contributed by atoms with Gasteiger partial charge in [-0.1, -0.05) is 0 Å². The van der Waals surface area contributed by atoms with Gasteiger partial charge in [-0.25, -0.2) is 0 Å². The lowest BCUT2D eigenvalue weighted by atomic mass is 9.82. The van der Waals surface area contributed by atoms with E-state index in [4.69, 9.17) is 0 Å². The number of likely N-dealkylation sites (tertiary alicyclic amines) is 2. The van der Waals surface area contributed by atoms with Crippen molar-refractivity contribution in [2.45, 2.75) is 32.4 Å². The van der Waals surface area contributed by atoms with E-state index in [1.165, 1.54) is 26.1 Å². The van der Waals surface area contributed by atoms with Crippen LogP contribution in [0.1, 0.15) is 20.3 Å². The second-order valence-electron chi connectivity index (χ2n) is 4.67. The summed E-state index contributed by atoms with van der Waals surface area (Å²) < 4.78 is 0. The predicted octanol–water partition coefficient (Wildman–Crippen LogP) is 1.03. The van der Waals surface area contributed by atoms with Gasteiger partial charge in [-0.05, 0) is 39.8 Å². The van der Waals surface area contributed by atoms with Crippen LogP contribution in [-0.2, 0) is 0 Å². The summed E-state index contributed by atoms with van der Waals surface area (Å²) in [5.74, 6) is 0.978. The van der Waals surface area contributed by atoms with Gasteiger partial charge in [-0.15, -0.1) is 0 Å². The molecule has 2 fully saturated rings. The molecule has 0 aromatic heterocycles. The van der Waals surface area contributed by atoms with E-state index in [0.717, 1.165) is 18.0 Å². The first kappa shape index (κ1) is 8.52. The van der Waals surface area contributed by atoms with E-state index in [1.807, 2.05) is 0 Å². The predicted molar refractivity (Wildman–Crippen MR) is 51.2 cm³/mol. The summed E-state index contributed by atoms with van der Waals surface area (Å²) in [6, 6.07) is 1.68. The summed E-state index contributed by atoms with van der Waals surface area (Å²) >= 11 is 0. The molecule has 0 radical (unpaired) electrons. The van der Waals surface area contributed by atoms with Crippen LogP contribution in [0.3, 0.4) is 0 Å². The number of hydrogen-bond donors (Lipinski definition) is 0. The molecule has 0 bridgehead atoms. The zero-order valence-corrected chi connectivity index (χ0v) is 8.45. The van der Waals surface area contributed by atoms with Gasteiger partial charge in [0.25, 0.3) is 0 Å². The molecule has 0 spiro atoms. The molecule has 2 heteroatoms. The molecule has 0 N–H and O–H groups in total. The first-order chi connectivity index (χ1) is 5.68. The Balaban J connectivity index is 1.90. The molecule has 2 unspecified atom stereocenters.